The second-order valence-electron chi connectivity index (χ2n) is 12.5. The number of benzene rings is 8. The highest BCUT2D eigenvalue weighted by atomic mass is 32.1. The third-order valence-corrected chi connectivity index (χ3v) is 10.9. The average molecular weight is 641 g/mol. The molecule has 0 saturated heterocycles. The summed E-state index contributed by atoms with van der Waals surface area (Å²) in [7, 11) is 0. The fourth-order valence-electron chi connectivity index (χ4n) is 7.32. The molecule has 8 aromatic carbocycles. The Morgan fingerprint density at radius 2 is 0.816 bits per heavy atom. The normalized spacial score (nSPS) is 11.7. The molecule has 0 atom stereocenters. The molecule has 2 aromatic heterocycles. The maximum Gasteiger partial charge on any atom is 0.0979 e. The van der Waals surface area contributed by atoms with Crippen LogP contribution in [0.25, 0.3) is 97.5 Å². The van der Waals surface area contributed by atoms with Crippen LogP contribution in [0.2, 0.25) is 0 Å². The van der Waals surface area contributed by atoms with Crippen LogP contribution in [-0.2, 0) is 0 Å². The molecular weight excluding hydrogens is 613 g/mol. The van der Waals surface area contributed by atoms with Crippen molar-refractivity contribution in [3.8, 4) is 44.8 Å². The van der Waals surface area contributed by atoms with Gasteiger partial charge in [-0.1, -0.05) is 158 Å². The molecule has 2 nitrogen and oxygen atoms in total. The van der Waals surface area contributed by atoms with E-state index in [1.165, 1.54) is 53.2 Å². The Balaban J connectivity index is 1.23. The largest absolute Gasteiger partial charge is 0.243 e. The van der Waals surface area contributed by atoms with E-state index in [9.17, 15) is 0 Å². The molecule has 0 N–H and O–H groups in total. The van der Waals surface area contributed by atoms with E-state index in [0.717, 1.165) is 44.3 Å². The van der Waals surface area contributed by atoms with Gasteiger partial charge < -0.3 is 0 Å². The summed E-state index contributed by atoms with van der Waals surface area (Å²) in [4.78, 5) is 11.1. The van der Waals surface area contributed by atoms with Gasteiger partial charge in [-0.25, -0.2) is 9.97 Å². The van der Waals surface area contributed by atoms with Gasteiger partial charge in [-0.2, -0.15) is 0 Å². The maximum atomic E-state index is 5.55. The molecule has 0 spiro atoms. The molecule has 228 valence electrons. The first kappa shape index (κ1) is 27.9. The van der Waals surface area contributed by atoms with E-state index in [0.29, 0.717) is 0 Å². The quantitative estimate of drug-likeness (QED) is 0.179. The highest BCUT2D eigenvalue weighted by molar-refractivity contribution is 7.26. The van der Waals surface area contributed by atoms with Crippen LogP contribution in [0.1, 0.15) is 0 Å². The van der Waals surface area contributed by atoms with E-state index in [-0.39, 0.29) is 0 Å². The van der Waals surface area contributed by atoms with Crippen LogP contribution >= 0.6 is 11.3 Å². The molecule has 0 radical (unpaired) electrons. The van der Waals surface area contributed by atoms with Crippen LogP contribution in [0.3, 0.4) is 0 Å². The highest BCUT2D eigenvalue weighted by Crippen LogP contribution is 2.42. The lowest BCUT2D eigenvalue weighted by atomic mass is 9.95. The smallest absolute Gasteiger partial charge is 0.0979 e. The number of aromatic nitrogens is 2. The number of thiophene rings is 1. The van der Waals surface area contributed by atoms with Gasteiger partial charge in [-0.15, -0.1) is 11.3 Å². The van der Waals surface area contributed by atoms with Crippen molar-refractivity contribution >= 4 is 64.1 Å². The highest BCUT2D eigenvalue weighted by Gasteiger charge is 2.19. The predicted octanol–water partition coefficient (Wildman–Crippen LogP) is 13.0. The van der Waals surface area contributed by atoms with Crippen molar-refractivity contribution in [2.24, 2.45) is 0 Å². The van der Waals surface area contributed by atoms with Crippen LogP contribution in [0, 0.1) is 0 Å². The summed E-state index contributed by atoms with van der Waals surface area (Å²) in [5, 5.41) is 7.21. The maximum absolute atomic E-state index is 5.55. The predicted molar refractivity (Wildman–Crippen MR) is 209 cm³/mol. The molecule has 0 amide bonds. The Kier molecular flexibility index (Phi) is 6.39. The van der Waals surface area contributed by atoms with Gasteiger partial charge in [0, 0.05) is 42.1 Å². The number of nitrogens with zero attached hydrogens (tertiary/aromatic N) is 2. The molecule has 0 aliphatic rings. The molecule has 10 rings (SSSR count). The monoisotopic (exact) mass is 640 g/mol. The molecule has 3 heteroatoms. The summed E-state index contributed by atoms with van der Waals surface area (Å²) in [6.07, 6.45) is 0. The van der Waals surface area contributed by atoms with Crippen LogP contribution in [0.5, 0.6) is 0 Å². The van der Waals surface area contributed by atoms with Gasteiger partial charge in [0.25, 0.3) is 0 Å². The van der Waals surface area contributed by atoms with Crippen molar-refractivity contribution in [2.75, 3.05) is 0 Å². The van der Waals surface area contributed by atoms with Crippen molar-refractivity contribution in [2.45, 2.75) is 0 Å². The summed E-state index contributed by atoms with van der Waals surface area (Å²) in [5.41, 5.74) is 10.5. The molecule has 0 saturated carbocycles. The van der Waals surface area contributed by atoms with E-state index >= 15 is 0 Å². The molecule has 0 bridgehead atoms. The van der Waals surface area contributed by atoms with Gasteiger partial charge in [-0.3, -0.25) is 0 Å². The fraction of sp³-hybridized carbons (Fsp3) is 0. The summed E-state index contributed by atoms with van der Waals surface area (Å²) in [6, 6.07) is 60.6. The van der Waals surface area contributed by atoms with Crippen molar-refractivity contribution in [3.05, 3.63) is 170 Å². The van der Waals surface area contributed by atoms with Crippen LogP contribution in [-0.4, -0.2) is 9.97 Å². The SMILES string of the molecule is c1ccc(-c2ccc(-c3nc4c5ccccc5c5ccccc5c4nc3-c3cccc(-c4cccc5c4sc4ccccc45)c3)cc2)cc1. The number of hydrogen-bond donors (Lipinski definition) is 0. The lowest BCUT2D eigenvalue weighted by Crippen LogP contribution is -1.98. The first-order valence-electron chi connectivity index (χ1n) is 16.6. The molecule has 0 aliphatic carbocycles. The van der Waals surface area contributed by atoms with E-state index in [4.69, 9.17) is 9.97 Å². The zero-order valence-electron chi connectivity index (χ0n) is 26.5. The molecule has 49 heavy (non-hydrogen) atoms. The van der Waals surface area contributed by atoms with Crippen LogP contribution in [0.4, 0.5) is 0 Å². The van der Waals surface area contributed by atoms with E-state index in [1.807, 2.05) is 11.3 Å². The Labute approximate surface area is 287 Å². The van der Waals surface area contributed by atoms with Gasteiger partial charge in [-0.05, 0) is 45.2 Å². The Morgan fingerprint density at radius 3 is 1.53 bits per heavy atom. The van der Waals surface area contributed by atoms with Gasteiger partial charge in [0.1, 0.15) is 0 Å². The minimum absolute atomic E-state index is 0.879. The Hall–Kier alpha value is -6.16. The van der Waals surface area contributed by atoms with E-state index < -0.39 is 0 Å². The standard InChI is InChI=1S/C46H28N2S/c1-2-12-29(13-3-1)30-24-26-31(27-25-30)42-43(48-45-39-20-7-5-17-36(39)35-16-4-6-19-38(35)44(45)47-42)33-15-10-14-32(28-33)34-21-11-22-40-37-18-8-9-23-41(37)49-46(34)40/h1-28H. The number of fused-ring (bicyclic) bond motifs is 9. The lowest BCUT2D eigenvalue weighted by molar-refractivity contribution is 1.31. The summed E-state index contributed by atoms with van der Waals surface area (Å²) in [5.74, 6) is 0. The molecule has 0 aliphatic heterocycles. The van der Waals surface area contributed by atoms with Crippen molar-refractivity contribution in [1.29, 1.82) is 0 Å². The van der Waals surface area contributed by atoms with Gasteiger partial charge in [0.05, 0.1) is 22.4 Å². The lowest BCUT2D eigenvalue weighted by Gasteiger charge is -2.15. The topological polar surface area (TPSA) is 25.8 Å². The first-order valence-corrected chi connectivity index (χ1v) is 17.4. The number of rotatable bonds is 4. The van der Waals surface area contributed by atoms with E-state index in [1.54, 1.807) is 0 Å². The van der Waals surface area contributed by atoms with Crippen molar-refractivity contribution < 1.29 is 0 Å². The van der Waals surface area contributed by atoms with Gasteiger partial charge in [0.2, 0.25) is 0 Å². The third-order valence-electron chi connectivity index (χ3n) is 9.67. The van der Waals surface area contributed by atoms with Crippen LogP contribution in [0.15, 0.2) is 170 Å². The molecular formula is C46H28N2S. The minimum Gasteiger partial charge on any atom is -0.243 e. The molecule has 10 aromatic rings. The second-order valence-corrected chi connectivity index (χ2v) is 13.6. The zero-order valence-corrected chi connectivity index (χ0v) is 27.3. The summed E-state index contributed by atoms with van der Waals surface area (Å²) in [6.45, 7) is 0. The Morgan fingerprint density at radius 1 is 0.327 bits per heavy atom. The van der Waals surface area contributed by atoms with Crippen LogP contribution < -0.4 is 0 Å². The third kappa shape index (κ3) is 4.55. The van der Waals surface area contributed by atoms with Crippen molar-refractivity contribution in [3.63, 3.8) is 0 Å². The van der Waals surface area contributed by atoms with Gasteiger partial charge >= 0.3 is 0 Å². The summed E-state index contributed by atoms with van der Waals surface area (Å²) < 4.78 is 2.61. The summed E-state index contributed by atoms with van der Waals surface area (Å²) >= 11 is 1.86. The van der Waals surface area contributed by atoms with E-state index in [2.05, 4.69) is 170 Å². The number of hydrogen-bond acceptors (Lipinski definition) is 3. The zero-order chi connectivity index (χ0) is 32.3. The molecule has 0 fully saturated rings. The van der Waals surface area contributed by atoms with Gasteiger partial charge in [0.15, 0.2) is 0 Å². The Bertz CT molecular complexity index is 2870. The minimum atomic E-state index is 0.879. The fourth-order valence-corrected chi connectivity index (χ4v) is 8.56. The first-order chi connectivity index (χ1) is 24.3. The van der Waals surface area contributed by atoms with Crippen molar-refractivity contribution in [1.82, 2.24) is 9.97 Å². The average Bonchev–Trinajstić information content (AvgIpc) is 3.57. The molecule has 0 unspecified atom stereocenters. The second kappa shape index (κ2) is 11.2. The molecule has 2 heterocycles.